The molecule has 0 radical (unpaired) electrons. The van der Waals surface area contributed by atoms with Crippen molar-refractivity contribution in [1.82, 2.24) is 0 Å². The van der Waals surface area contributed by atoms with Crippen LogP contribution in [0.25, 0.3) is 0 Å². The van der Waals surface area contributed by atoms with E-state index in [4.69, 9.17) is 16.7 Å². The number of nitrogens with one attached hydrogen (secondary N) is 1. The standard InChI is InChI=1S/C14H8BrClFNO3/c15-7-4-5-8(9(16)6-7)13(19)18-11-3-1-2-10(17)12(11)14(20)21/h1-6H,(H,18,19)(H,20,21). The first-order valence-electron chi connectivity index (χ1n) is 5.68. The van der Waals surface area contributed by atoms with Crippen LogP contribution >= 0.6 is 27.5 Å². The van der Waals surface area contributed by atoms with Crippen molar-refractivity contribution < 1.29 is 19.1 Å². The summed E-state index contributed by atoms with van der Waals surface area (Å²) in [6.45, 7) is 0. The summed E-state index contributed by atoms with van der Waals surface area (Å²) >= 11 is 9.15. The van der Waals surface area contributed by atoms with Crippen LogP contribution in [0.2, 0.25) is 5.02 Å². The normalized spacial score (nSPS) is 10.2. The summed E-state index contributed by atoms with van der Waals surface area (Å²) in [5, 5.41) is 11.5. The van der Waals surface area contributed by atoms with Gasteiger partial charge in [-0.2, -0.15) is 0 Å². The number of halogens is 3. The molecule has 0 atom stereocenters. The highest BCUT2D eigenvalue weighted by Gasteiger charge is 2.19. The van der Waals surface area contributed by atoms with Crippen LogP contribution in [0.3, 0.4) is 0 Å². The van der Waals surface area contributed by atoms with Gasteiger partial charge in [-0.1, -0.05) is 33.6 Å². The second-order valence-electron chi connectivity index (χ2n) is 4.05. The maximum Gasteiger partial charge on any atom is 0.340 e. The lowest BCUT2D eigenvalue weighted by atomic mass is 10.1. The maximum atomic E-state index is 13.5. The fourth-order valence-corrected chi connectivity index (χ4v) is 2.47. The van der Waals surface area contributed by atoms with E-state index in [1.807, 2.05) is 0 Å². The lowest BCUT2D eigenvalue weighted by Gasteiger charge is -2.10. The van der Waals surface area contributed by atoms with Crippen LogP contribution < -0.4 is 5.32 Å². The van der Waals surface area contributed by atoms with Crippen molar-refractivity contribution in [2.45, 2.75) is 0 Å². The van der Waals surface area contributed by atoms with Crippen molar-refractivity contribution in [2.24, 2.45) is 0 Å². The minimum Gasteiger partial charge on any atom is -0.478 e. The Balaban J connectivity index is 2.36. The molecule has 0 bridgehead atoms. The number of anilines is 1. The Labute approximate surface area is 132 Å². The zero-order chi connectivity index (χ0) is 15.6. The van der Waals surface area contributed by atoms with Crippen LogP contribution in [0.15, 0.2) is 40.9 Å². The molecule has 0 aliphatic rings. The van der Waals surface area contributed by atoms with Crippen LogP contribution in [-0.4, -0.2) is 17.0 Å². The zero-order valence-electron chi connectivity index (χ0n) is 10.4. The van der Waals surface area contributed by atoms with Gasteiger partial charge in [0.15, 0.2) is 0 Å². The Morgan fingerprint density at radius 1 is 1.24 bits per heavy atom. The van der Waals surface area contributed by atoms with Gasteiger partial charge in [-0.25, -0.2) is 9.18 Å². The number of rotatable bonds is 3. The predicted octanol–water partition coefficient (Wildman–Crippen LogP) is 4.19. The summed E-state index contributed by atoms with van der Waals surface area (Å²) in [6, 6.07) is 8.23. The van der Waals surface area contributed by atoms with Gasteiger partial charge in [-0.05, 0) is 30.3 Å². The van der Waals surface area contributed by atoms with E-state index in [0.29, 0.717) is 4.47 Å². The molecule has 0 aliphatic carbocycles. The summed E-state index contributed by atoms with van der Waals surface area (Å²) in [6.07, 6.45) is 0. The first-order valence-corrected chi connectivity index (χ1v) is 6.85. The quantitative estimate of drug-likeness (QED) is 0.849. The molecule has 0 aromatic heterocycles. The lowest BCUT2D eigenvalue weighted by Crippen LogP contribution is -2.16. The van der Waals surface area contributed by atoms with Gasteiger partial charge in [0.05, 0.1) is 16.3 Å². The van der Waals surface area contributed by atoms with E-state index in [-0.39, 0.29) is 16.3 Å². The average molecular weight is 373 g/mol. The Kier molecular flexibility index (Phi) is 4.59. The van der Waals surface area contributed by atoms with Crippen LogP contribution in [0, 0.1) is 5.82 Å². The Bertz CT molecular complexity index is 736. The summed E-state index contributed by atoms with van der Waals surface area (Å²) in [7, 11) is 0. The van der Waals surface area contributed by atoms with Gasteiger partial charge in [0, 0.05) is 4.47 Å². The Morgan fingerprint density at radius 2 is 1.95 bits per heavy atom. The molecule has 0 aliphatic heterocycles. The summed E-state index contributed by atoms with van der Waals surface area (Å²) in [5.74, 6) is -3.02. The molecule has 1 amide bonds. The van der Waals surface area contributed by atoms with E-state index < -0.39 is 23.3 Å². The largest absolute Gasteiger partial charge is 0.478 e. The zero-order valence-corrected chi connectivity index (χ0v) is 12.7. The van der Waals surface area contributed by atoms with E-state index in [1.54, 1.807) is 6.07 Å². The van der Waals surface area contributed by atoms with E-state index in [1.165, 1.54) is 24.3 Å². The third-order valence-electron chi connectivity index (χ3n) is 2.65. The van der Waals surface area contributed by atoms with Crippen LogP contribution in [-0.2, 0) is 0 Å². The number of carboxylic acid groups (broad SMARTS) is 1. The van der Waals surface area contributed by atoms with E-state index >= 15 is 0 Å². The molecule has 0 saturated carbocycles. The first kappa shape index (κ1) is 15.5. The molecule has 0 heterocycles. The Morgan fingerprint density at radius 3 is 2.57 bits per heavy atom. The maximum absolute atomic E-state index is 13.5. The minimum absolute atomic E-state index is 0.133. The summed E-state index contributed by atoms with van der Waals surface area (Å²) in [5.41, 5.74) is -0.578. The van der Waals surface area contributed by atoms with Crippen LogP contribution in [0.1, 0.15) is 20.7 Å². The summed E-state index contributed by atoms with van der Waals surface area (Å²) in [4.78, 5) is 23.2. The molecule has 0 unspecified atom stereocenters. The number of amides is 1. The first-order chi connectivity index (χ1) is 9.90. The third-order valence-corrected chi connectivity index (χ3v) is 3.46. The van der Waals surface area contributed by atoms with Crippen LogP contribution in [0.5, 0.6) is 0 Å². The number of aromatic carboxylic acids is 1. The molecule has 2 aromatic rings. The molecule has 0 spiro atoms. The second-order valence-corrected chi connectivity index (χ2v) is 5.37. The van der Waals surface area contributed by atoms with Gasteiger partial charge in [0.2, 0.25) is 0 Å². The van der Waals surface area contributed by atoms with Crippen LogP contribution in [0.4, 0.5) is 10.1 Å². The molecular formula is C14H8BrClFNO3. The number of benzene rings is 2. The van der Waals surface area contributed by atoms with Crippen molar-refractivity contribution in [3.63, 3.8) is 0 Å². The number of carbonyl (C=O) groups excluding carboxylic acids is 1. The monoisotopic (exact) mass is 371 g/mol. The number of carbonyl (C=O) groups is 2. The summed E-state index contributed by atoms with van der Waals surface area (Å²) < 4.78 is 14.2. The highest BCUT2D eigenvalue weighted by atomic mass is 79.9. The van der Waals surface area contributed by atoms with Crippen molar-refractivity contribution in [1.29, 1.82) is 0 Å². The molecule has 4 nitrogen and oxygen atoms in total. The molecule has 0 saturated heterocycles. The topological polar surface area (TPSA) is 66.4 Å². The minimum atomic E-state index is -1.47. The van der Waals surface area contributed by atoms with E-state index in [9.17, 15) is 14.0 Å². The predicted molar refractivity (Wildman–Crippen MR) is 80.5 cm³/mol. The molecule has 2 rings (SSSR count). The van der Waals surface area contributed by atoms with Gasteiger partial charge in [-0.15, -0.1) is 0 Å². The van der Waals surface area contributed by atoms with E-state index in [2.05, 4.69) is 21.2 Å². The average Bonchev–Trinajstić information content (AvgIpc) is 2.37. The number of hydrogen-bond acceptors (Lipinski definition) is 2. The fraction of sp³-hybridized carbons (Fsp3) is 0. The highest BCUT2D eigenvalue weighted by Crippen LogP contribution is 2.24. The Hall–Kier alpha value is -1.92. The smallest absolute Gasteiger partial charge is 0.340 e. The van der Waals surface area contributed by atoms with Gasteiger partial charge < -0.3 is 10.4 Å². The third kappa shape index (κ3) is 3.40. The molecule has 7 heteroatoms. The van der Waals surface area contributed by atoms with Gasteiger partial charge in [0.25, 0.3) is 5.91 Å². The molecule has 21 heavy (non-hydrogen) atoms. The van der Waals surface area contributed by atoms with Gasteiger partial charge in [0.1, 0.15) is 11.4 Å². The van der Waals surface area contributed by atoms with Gasteiger partial charge >= 0.3 is 5.97 Å². The molecule has 2 aromatic carbocycles. The highest BCUT2D eigenvalue weighted by molar-refractivity contribution is 9.10. The van der Waals surface area contributed by atoms with Gasteiger partial charge in [-0.3, -0.25) is 4.79 Å². The second kappa shape index (κ2) is 6.24. The molecule has 2 N–H and O–H groups in total. The van der Waals surface area contributed by atoms with Crippen molar-refractivity contribution in [3.8, 4) is 0 Å². The SMILES string of the molecule is O=C(Nc1cccc(F)c1C(=O)O)c1ccc(Br)cc1Cl. The lowest BCUT2D eigenvalue weighted by molar-refractivity contribution is 0.0693. The van der Waals surface area contributed by atoms with Crippen molar-refractivity contribution >= 4 is 45.1 Å². The number of carboxylic acids is 1. The van der Waals surface area contributed by atoms with Crippen molar-refractivity contribution in [3.05, 3.63) is 62.8 Å². The molecular weight excluding hydrogens is 365 g/mol. The molecule has 108 valence electrons. The van der Waals surface area contributed by atoms with Crippen molar-refractivity contribution in [2.75, 3.05) is 5.32 Å². The molecule has 0 fully saturated rings. The van der Waals surface area contributed by atoms with E-state index in [0.717, 1.165) is 6.07 Å². The fourth-order valence-electron chi connectivity index (χ4n) is 1.71. The number of hydrogen-bond donors (Lipinski definition) is 2.